The number of aryl methyl sites for hydroxylation is 2. The molecule has 1 atom stereocenters. The predicted molar refractivity (Wildman–Crippen MR) is 121 cm³/mol. The second-order valence-electron chi connectivity index (χ2n) is 8.57. The molecular weight excluding hydrogens is 388 g/mol. The van der Waals surface area contributed by atoms with Crippen LogP contribution in [0.4, 0.5) is 0 Å². The fourth-order valence-electron chi connectivity index (χ4n) is 4.90. The summed E-state index contributed by atoms with van der Waals surface area (Å²) in [6.07, 6.45) is 12.8. The van der Waals surface area contributed by atoms with E-state index < -0.39 is 0 Å². The van der Waals surface area contributed by atoms with Crippen molar-refractivity contribution in [1.29, 1.82) is 0 Å². The lowest BCUT2D eigenvalue weighted by Gasteiger charge is -2.32. The number of ether oxygens (including phenoxy) is 1. The Morgan fingerprint density at radius 2 is 2.03 bits per heavy atom. The van der Waals surface area contributed by atoms with E-state index in [1.165, 1.54) is 31.5 Å². The standard InChI is InChI=1S/C24H30N6O/c1-17-15-29(16-26-17)21-7-5-18(14-22(21)31-2)6-8-23-27-24-20(4-3-13-30(24)28-23)19-9-11-25-12-10-19/h5-8,14-16,19-20,25H,3-4,9-13H2,1-2H3/t20-/m1/s1. The minimum atomic E-state index is 0.545. The highest BCUT2D eigenvalue weighted by molar-refractivity contribution is 5.69. The summed E-state index contributed by atoms with van der Waals surface area (Å²) in [7, 11) is 1.70. The molecule has 1 saturated heterocycles. The van der Waals surface area contributed by atoms with Crippen molar-refractivity contribution in [2.75, 3.05) is 20.2 Å². The second-order valence-corrected chi connectivity index (χ2v) is 8.57. The highest BCUT2D eigenvalue weighted by atomic mass is 16.5. The number of methoxy groups -OCH3 is 1. The van der Waals surface area contributed by atoms with Crippen LogP contribution in [-0.4, -0.2) is 44.5 Å². The molecule has 31 heavy (non-hydrogen) atoms. The number of nitrogens with one attached hydrogen (secondary N) is 1. The van der Waals surface area contributed by atoms with E-state index in [2.05, 4.69) is 33.2 Å². The van der Waals surface area contributed by atoms with Crippen LogP contribution in [0.25, 0.3) is 17.8 Å². The van der Waals surface area contributed by atoms with E-state index in [-0.39, 0.29) is 0 Å². The lowest BCUT2D eigenvalue weighted by molar-refractivity contribution is 0.264. The van der Waals surface area contributed by atoms with E-state index in [4.69, 9.17) is 14.8 Å². The molecule has 3 aromatic rings. The molecule has 0 saturated carbocycles. The van der Waals surface area contributed by atoms with Gasteiger partial charge in [0, 0.05) is 18.7 Å². The maximum absolute atomic E-state index is 5.63. The average molecular weight is 419 g/mol. The third kappa shape index (κ3) is 4.14. The Balaban J connectivity index is 1.37. The molecule has 2 aromatic heterocycles. The Kier molecular flexibility index (Phi) is 5.59. The van der Waals surface area contributed by atoms with Crippen molar-refractivity contribution in [3.05, 3.63) is 53.6 Å². The number of rotatable bonds is 5. The lowest BCUT2D eigenvalue weighted by Crippen LogP contribution is -2.33. The molecule has 2 aliphatic rings. The number of aromatic nitrogens is 5. The summed E-state index contributed by atoms with van der Waals surface area (Å²) >= 11 is 0. The van der Waals surface area contributed by atoms with Crippen LogP contribution in [0.3, 0.4) is 0 Å². The Hall–Kier alpha value is -2.93. The number of fused-ring (bicyclic) bond motifs is 1. The number of nitrogens with zero attached hydrogens (tertiary/aromatic N) is 5. The van der Waals surface area contributed by atoms with Gasteiger partial charge >= 0.3 is 0 Å². The molecule has 1 fully saturated rings. The predicted octanol–water partition coefficient (Wildman–Crippen LogP) is 3.83. The van der Waals surface area contributed by atoms with E-state index in [1.54, 1.807) is 13.4 Å². The van der Waals surface area contributed by atoms with Crippen molar-refractivity contribution in [1.82, 2.24) is 29.6 Å². The molecule has 0 aliphatic carbocycles. The Labute approximate surface area is 183 Å². The zero-order valence-corrected chi connectivity index (χ0v) is 18.3. The summed E-state index contributed by atoms with van der Waals surface area (Å²) in [5.41, 5.74) is 3.00. The first kappa shape index (κ1) is 20.0. The van der Waals surface area contributed by atoms with Gasteiger partial charge in [0.1, 0.15) is 11.6 Å². The molecule has 0 amide bonds. The number of hydrogen-bond donors (Lipinski definition) is 1. The normalized spacial score (nSPS) is 19.6. The maximum atomic E-state index is 5.63. The highest BCUT2D eigenvalue weighted by Crippen LogP contribution is 2.36. The number of piperidine rings is 1. The summed E-state index contributed by atoms with van der Waals surface area (Å²) < 4.78 is 9.75. The van der Waals surface area contributed by atoms with Gasteiger partial charge in [-0.05, 0) is 75.4 Å². The molecule has 7 heteroatoms. The molecule has 2 aliphatic heterocycles. The summed E-state index contributed by atoms with van der Waals surface area (Å²) in [5, 5.41) is 8.26. The van der Waals surface area contributed by atoms with Gasteiger partial charge in [-0.1, -0.05) is 12.1 Å². The topological polar surface area (TPSA) is 69.8 Å². The van der Waals surface area contributed by atoms with Crippen molar-refractivity contribution in [3.8, 4) is 11.4 Å². The minimum Gasteiger partial charge on any atom is -0.495 e. The maximum Gasteiger partial charge on any atom is 0.174 e. The van der Waals surface area contributed by atoms with Crippen molar-refractivity contribution >= 4 is 12.2 Å². The zero-order valence-electron chi connectivity index (χ0n) is 18.3. The van der Waals surface area contributed by atoms with E-state index in [0.29, 0.717) is 5.92 Å². The largest absolute Gasteiger partial charge is 0.495 e. The minimum absolute atomic E-state index is 0.545. The third-order valence-corrected chi connectivity index (χ3v) is 6.50. The number of imidazole rings is 1. The van der Waals surface area contributed by atoms with Gasteiger partial charge in [0.05, 0.1) is 24.8 Å². The van der Waals surface area contributed by atoms with E-state index in [0.717, 1.165) is 54.1 Å². The molecule has 0 radical (unpaired) electrons. The van der Waals surface area contributed by atoms with Crippen LogP contribution >= 0.6 is 0 Å². The Morgan fingerprint density at radius 3 is 2.81 bits per heavy atom. The van der Waals surface area contributed by atoms with Gasteiger partial charge in [-0.25, -0.2) is 14.6 Å². The van der Waals surface area contributed by atoms with Gasteiger partial charge in [-0.2, -0.15) is 5.10 Å². The quantitative estimate of drug-likeness (QED) is 0.682. The van der Waals surface area contributed by atoms with Crippen LogP contribution in [0.15, 0.2) is 30.7 Å². The first-order valence-corrected chi connectivity index (χ1v) is 11.2. The Morgan fingerprint density at radius 1 is 1.16 bits per heavy atom. The number of benzene rings is 1. The Bertz CT molecular complexity index is 1080. The average Bonchev–Trinajstić information content (AvgIpc) is 3.43. The van der Waals surface area contributed by atoms with Crippen LogP contribution in [0.1, 0.15) is 54.5 Å². The molecule has 0 unspecified atom stereocenters. The van der Waals surface area contributed by atoms with Gasteiger partial charge in [-0.15, -0.1) is 0 Å². The molecule has 1 aromatic carbocycles. The molecule has 5 rings (SSSR count). The van der Waals surface area contributed by atoms with Crippen LogP contribution in [0, 0.1) is 12.8 Å². The molecule has 0 bridgehead atoms. The fraction of sp³-hybridized carbons (Fsp3) is 0.458. The van der Waals surface area contributed by atoms with Crippen molar-refractivity contribution < 1.29 is 4.74 Å². The van der Waals surface area contributed by atoms with Crippen LogP contribution in [0.2, 0.25) is 0 Å². The summed E-state index contributed by atoms with van der Waals surface area (Å²) in [4.78, 5) is 9.24. The van der Waals surface area contributed by atoms with Crippen LogP contribution in [0.5, 0.6) is 5.75 Å². The highest BCUT2D eigenvalue weighted by Gasteiger charge is 2.31. The summed E-state index contributed by atoms with van der Waals surface area (Å²) in [5.74, 6) is 4.06. The molecular formula is C24H30N6O. The van der Waals surface area contributed by atoms with Crippen LogP contribution < -0.4 is 10.1 Å². The van der Waals surface area contributed by atoms with Gasteiger partial charge in [0.25, 0.3) is 0 Å². The third-order valence-electron chi connectivity index (χ3n) is 6.50. The molecule has 1 N–H and O–H groups in total. The summed E-state index contributed by atoms with van der Waals surface area (Å²) in [6.45, 7) is 5.20. The van der Waals surface area contributed by atoms with Gasteiger partial charge in [-0.3, -0.25) is 0 Å². The van der Waals surface area contributed by atoms with Crippen molar-refractivity contribution in [2.24, 2.45) is 5.92 Å². The second kappa shape index (κ2) is 8.67. The smallest absolute Gasteiger partial charge is 0.174 e. The van der Waals surface area contributed by atoms with Gasteiger partial charge in [0.2, 0.25) is 0 Å². The first-order valence-electron chi connectivity index (χ1n) is 11.2. The molecule has 0 spiro atoms. The molecule has 162 valence electrons. The van der Waals surface area contributed by atoms with Crippen LogP contribution in [-0.2, 0) is 6.54 Å². The fourth-order valence-corrected chi connectivity index (χ4v) is 4.90. The first-order chi connectivity index (χ1) is 15.2. The zero-order chi connectivity index (χ0) is 21.2. The van der Waals surface area contributed by atoms with E-state index >= 15 is 0 Å². The SMILES string of the molecule is COc1cc(C=Cc2nc3n(n2)CCC[C@@H]3C2CCNCC2)ccc1-n1cnc(C)c1. The van der Waals surface area contributed by atoms with Crippen molar-refractivity contribution in [3.63, 3.8) is 0 Å². The van der Waals surface area contributed by atoms with Gasteiger partial charge in [0.15, 0.2) is 5.82 Å². The van der Waals surface area contributed by atoms with E-state index in [9.17, 15) is 0 Å². The monoisotopic (exact) mass is 418 g/mol. The van der Waals surface area contributed by atoms with E-state index in [1.807, 2.05) is 29.8 Å². The van der Waals surface area contributed by atoms with Crippen molar-refractivity contribution in [2.45, 2.75) is 45.1 Å². The number of hydrogen-bond acceptors (Lipinski definition) is 5. The molecule has 7 nitrogen and oxygen atoms in total. The molecule has 4 heterocycles. The summed E-state index contributed by atoms with van der Waals surface area (Å²) in [6, 6.07) is 6.17. The lowest BCUT2D eigenvalue weighted by atomic mass is 9.80. The van der Waals surface area contributed by atoms with Gasteiger partial charge < -0.3 is 14.6 Å².